The molecule has 0 fully saturated rings. The van der Waals surface area contributed by atoms with Crippen LogP contribution in [0.4, 0.5) is 0 Å². The molecule has 0 unspecified atom stereocenters. The zero-order chi connectivity index (χ0) is 41.7. The van der Waals surface area contributed by atoms with Crippen LogP contribution in [0.1, 0.15) is 49.9 Å². The highest BCUT2D eigenvalue weighted by atomic mass is 14.9. The Morgan fingerprint density at radius 3 is 1.56 bits per heavy atom. The molecular weight excluding hydrogens is 749 g/mol. The van der Waals surface area contributed by atoms with Gasteiger partial charge in [-0.05, 0) is 113 Å². The monoisotopic (exact) mass is 792 g/mol. The molecule has 9 aromatic carbocycles. The molecule has 0 radical (unpaired) electrons. The second-order valence-electron chi connectivity index (χ2n) is 18.1. The van der Waals surface area contributed by atoms with E-state index in [1.54, 1.807) is 0 Å². The maximum absolute atomic E-state index is 5.38. The highest BCUT2D eigenvalue weighted by molar-refractivity contribution is 6.06. The van der Waals surface area contributed by atoms with Crippen molar-refractivity contribution >= 4 is 21.5 Å². The molecule has 1 heterocycles. The first-order chi connectivity index (χ1) is 30.3. The van der Waals surface area contributed by atoms with E-state index in [0.29, 0.717) is 5.82 Å². The van der Waals surface area contributed by atoms with Crippen LogP contribution in [0.2, 0.25) is 0 Å². The van der Waals surface area contributed by atoms with Crippen molar-refractivity contribution in [2.75, 3.05) is 0 Å². The van der Waals surface area contributed by atoms with Gasteiger partial charge in [0.25, 0.3) is 0 Å². The van der Waals surface area contributed by atoms with Crippen LogP contribution in [0.5, 0.6) is 0 Å². The summed E-state index contributed by atoms with van der Waals surface area (Å²) in [4.78, 5) is 10.7. The number of hydrogen-bond acceptors (Lipinski definition) is 2. The van der Waals surface area contributed by atoms with E-state index in [2.05, 4.69) is 216 Å². The first kappa shape index (κ1) is 36.4. The minimum absolute atomic E-state index is 0.0522. The van der Waals surface area contributed by atoms with Gasteiger partial charge in [-0.1, -0.05) is 198 Å². The van der Waals surface area contributed by atoms with Crippen LogP contribution in [0.25, 0.3) is 100.0 Å². The normalized spacial score (nSPS) is 14.1. The Bertz CT molecular complexity index is 3460. The fourth-order valence-corrected chi connectivity index (χ4v) is 10.7. The molecule has 0 saturated heterocycles. The first-order valence-electron chi connectivity index (χ1n) is 21.7. The smallest absolute Gasteiger partial charge is 0.160 e. The summed E-state index contributed by atoms with van der Waals surface area (Å²) < 4.78 is 0. The summed E-state index contributed by atoms with van der Waals surface area (Å²) >= 11 is 0. The Morgan fingerprint density at radius 2 is 0.806 bits per heavy atom. The predicted molar refractivity (Wildman–Crippen MR) is 259 cm³/mol. The molecule has 2 aliphatic carbocycles. The Hall–Kier alpha value is -7.42. The van der Waals surface area contributed by atoms with Crippen molar-refractivity contribution in [1.82, 2.24) is 9.97 Å². The highest BCUT2D eigenvalue weighted by Crippen LogP contribution is 2.54. The van der Waals surface area contributed by atoms with Gasteiger partial charge in [0.05, 0.1) is 11.4 Å². The molecule has 2 nitrogen and oxygen atoms in total. The van der Waals surface area contributed by atoms with Crippen LogP contribution < -0.4 is 0 Å². The van der Waals surface area contributed by atoms with Crippen molar-refractivity contribution in [3.05, 3.63) is 216 Å². The lowest BCUT2D eigenvalue weighted by atomic mass is 9.81. The maximum Gasteiger partial charge on any atom is 0.160 e. The van der Waals surface area contributed by atoms with Crippen LogP contribution in [-0.2, 0) is 10.8 Å². The van der Waals surface area contributed by atoms with Gasteiger partial charge in [0, 0.05) is 27.5 Å². The Morgan fingerprint density at radius 1 is 0.306 bits per heavy atom. The molecule has 0 aliphatic heterocycles. The van der Waals surface area contributed by atoms with Crippen molar-refractivity contribution in [3.63, 3.8) is 0 Å². The van der Waals surface area contributed by atoms with Crippen molar-refractivity contribution in [2.24, 2.45) is 0 Å². The topological polar surface area (TPSA) is 25.8 Å². The van der Waals surface area contributed by atoms with Crippen LogP contribution >= 0.6 is 0 Å². The lowest BCUT2D eigenvalue weighted by Gasteiger charge is -2.22. The van der Waals surface area contributed by atoms with Gasteiger partial charge in [-0.2, -0.15) is 0 Å². The van der Waals surface area contributed by atoms with Crippen molar-refractivity contribution in [2.45, 2.75) is 38.5 Å². The highest BCUT2D eigenvalue weighted by Gasteiger charge is 2.38. The third kappa shape index (κ3) is 5.43. The van der Waals surface area contributed by atoms with E-state index in [4.69, 9.17) is 9.97 Å². The van der Waals surface area contributed by atoms with Crippen molar-refractivity contribution in [3.8, 4) is 78.4 Å². The summed E-state index contributed by atoms with van der Waals surface area (Å²) in [6, 6.07) is 71.0. The van der Waals surface area contributed by atoms with E-state index < -0.39 is 0 Å². The standard InChI is InChI=1S/C60H44N2/c1-59(2)50-28-13-12-25-47(50)56-43(26-15-29-51(56)59)41-22-14-21-40(33-41)42-31-32-46(45-24-11-10-23-44(42)45)54-36-55(62-58(61-54)37-17-6-5-7-18-37)48-27-16-30-52-57(48)49-34-38-19-8-9-20-39(38)35-53(49)60(52,3)4/h5-36H,1-4H3. The van der Waals surface area contributed by atoms with Gasteiger partial charge < -0.3 is 0 Å². The second kappa shape index (κ2) is 13.5. The van der Waals surface area contributed by atoms with E-state index in [1.165, 1.54) is 82.9 Å². The van der Waals surface area contributed by atoms with Gasteiger partial charge in [0.2, 0.25) is 0 Å². The zero-order valence-electron chi connectivity index (χ0n) is 35.4. The molecule has 2 aliphatic rings. The van der Waals surface area contributed by atoms with Gasteiger partial charge in [-0.25, -0.2) is 9.97 Å². The molecule has 0 spiro atoms. The summed E-state index contributed by atoms with van der Waals surface area (Å²) in [5.74, 6) is 0.715. The van der Waals surface area contributed by atoms with E-state index in [-0.39, 0.29) is 10.8 Å². The van der Waals surface area contributed by atoms with Gasteiger partial charge in [0.15, 0.2) is 5.82 Å². The molecular formula is C60H44N2. The fraction of sp³-hybridized carbons (Fsp3) is 0.100. The summed E-state index contributed by atoms with van der Waals surface area (Å²) in [6.45, 7) is 9.41. The molecule has 0 amide bonds. The predicted octanol–water partition coefficient (Wildman–Crippen LogP) is 15.7. The van der Waals surface area contributed by atoms with E-state index >= 15 is 0 Å². The van der Waals surface area contributed by atoms with Crippen LogP contribution in [0, 0.1) is 0 Å². The molecule has 62 heavy (non-hydrogen) atoms. The Balaban J connectivity index is 1.02. The van der Waals surface area contributed by atoms with Crippen LogP contribution in [0.3, 0.4) is 0 Å². The minimum atomic E-state index is -0.159. The third-order valence-electron chi connectivity index (χ3n) is 13.9. The number of rotatable bonds is 5. The van der Waals surface area contributed by atoms with Crippen LogP contribution in [0.15, 0.2) is 194 Å². The Labute approximate surface area is 363 Å². The molecule has 10 aromatic rings. The third-order valence-corrected chi connectivity index (χ3v) is 13.9. The average molecular weight is 793 g/mol. The van der Waals surface area contributed by atoms with E-state index in [9.17, 15) is 0 Å². The summed E-state index contributed by atoms with van der Waals surface area (Å²) in [5.41, 5.74) is 20.4. The number of benzene rings is 9. The summed E-state index contributed by atoms with van der Waals surface area (Å²) in [5, 5.41) is 4.87. The van der Waals surface area contributed by atoms with Crippen LogP contribution in [-0.4, -0.2) is 9.97 Å². The molecule has 12 rings (SSSR count). The second-order valence-corrected chi connectivity index (χ2v) is 18.1. The molecule has 0 bridgehead atoms. The molecule has 0 N–H and O–H groups in total. The summed E-state index contributed by atoms with van der Waals surface area (Å²) in [6.07, 6.45) is 0. The first-order valence-corrected chi connectivity index (χ1v) is 21.7. The lowest BCUT2D eigenvalue weighted by Crippen LogP contribution is -2.14. The molecule has 1 aromatic heterocycles. The summed E-state index contributed by atoms with van der Waals surface area (Å²) in [7, 11) is 0. The van der Waals surface area contributed by atoms with Crippen molar-refractivity contribution in [1.29, 1.82) is 0 Å². The minimum Gasteiger partial charge on any atom is -0.228 e. The lowest BCUT2D eigenvalue weighted by molar-refractivity contribution is 0.660. The molecule has 2 heteroatoms. The SMILES string of the molecule is CC1(C)c2ccccc2-c2c(-c3cccc(-c4ccc(-c5cc(-c6cccc7c6-c6cc8ccccc8cc6C7(C)C)nc(-c6ccccc6)n5)c5ccccc45)c3)cccc21. The number of aromatic nitrogens is 2. The Kier molecular flexibility index (Phi) is 7.96. The number of fused-ring (bicyclic) bond motifs is 8. The fourth-order valence-electron chi connectivity index (χ4n) is 10.7. The van der Waals surface area contributed by atoms with Gasteiger partial charge >= 0.3 is 0 Å². The largest absolute Gasteiger partial charge is 0.228 e. The molecule has 294 valence electrons. The number of nitrogens with zero attached hydrogens (tertiary/aromatic N) is 2. The van der Waals surface area contributed by atoms with Gasteiger partial charge in [-0.15, -0.1) is 0 Å². The quantitative estimate of drug-likeness (QED) is 0.173. The van der Waals surface area contributed by atoms with Gasteiger partial charge in [-0.3, -0.25) is 0 Å². The van der Waals surface area contributed by atoms with Crippen molar-refractivity contribution < 1.29 is 0 Å². The van der Waals surface area contributed by atoms with E-state index in [0.717, 1.165) is 33.5 Å². The zero-order valence-corrected chi connectivity index (χ0v) is 35.4. The van der Waals surface area contributed by atoms with Gasteiger partial charge in [0.1, 0.15) is 0 Å². The number of hydrogen-bond donors (Lipinski definition) is 0. The molecule has 0 atom stereocenters. The van der Waals surface area contributed by atoms with E-state index in [1.807, 2.05) is 6.07 Å². The average Bonchev–Trinajstić information content (AvgIpc) is 3.69. The maximum atomic E-state index is 5.38. The molecule has 0 saturated carbocycles.